The molecular formula is C17H32N2. The summed E-state index contributed by atoms with van der Waals surface area (Å²) < 4.78 is 0. The summed E-state index contributed by atoms with van der Waals surface area (Å²) in [4.78, 5) is 2.87. The third-order valence-corrected chi connectivity index (χ3v) is 5.93. The molecule has 1 N–H and O–H groups in total. The molecule has 110 valence electrons. The summed E-state index contributed by atoms with van der Waals surface area (Å²) in [6.45, 7) is 6.29. The Balaban J connectivity index is 1.56. The molecule has 1 aliphatic heterocycles. The van der Waals surface area contributed by atoms with Crippen LogP contribution >= 0.6 is 0 Å². The van der Waals surface area contributed by atoms with Gasteiger partial charge in [-0.2, -0.15) is 0 Å². The third-order valence-electron chi connectivity index (χ3n) is 5.93. The van der Waals surface area contributed by atoms with E-state index in [0.717, 1.165) is 23.9 Å². The van der Waals surface area contributed by atoms with Crippen molar-refractivity contribution in [3.63, 3.8) is 0 Å². The van der Waals surface area contributed by atoms with Gasteiger partial charge in [-0.05, 0) is 57.0 Å². The summed E-state index contributed by atoms with van der Waals surface area (Å²) in [5.74, 6) is 2.11. The molecule has 0 aromatic heterocycles. The number of nitrogens with zero attached hydrogens (tertiary/aromatic N) is 1. The molecule has 3 fully saturated rings. The molecule has 0 amide bonds. The lowest BCUT2D eigenvalue weighted by Gasteiger charge is -2.45. The Labute approximate surface area is 119 Å². The first-order valence-corrected chi connectivity index (χ1v) is 8.86. The molecule has 0 aromatic carbocycles. The highest BCUT2D eigenvalue weighted by molar-refractivity contribution is 4.94. The highest BCUT2D eigenvalue weighted by atomic mass is 15.2. The monoisotopic (exact) mass is 264 g/mol. The van der Waals surface area contributed by atoms with Crippen LogP contribution in [0.1, 0.15) is 64.7 Å². The van der Waals surface area contributed by atoms with Gasteiger partial charge < -0.3 is 5.32 Å². The lowest BCUT2D eigenvalue weighted by molar-refractivity contribution is 0.0500. The second kappa shape index (κ2) is 6.58. The van der Waals surface area contributed by atoms with Crippen LogP contribution in [0.5, 0.6) is 0 Å². The van der Waals surface area contributed by atoms with Crippen molar-refractivity contribution >= 4 is 0 Å². The van der Waals surface area contributed by atoms with Gasteiger partial charge >= 0.3 is 0 Å². The van der Waals surface area contributed by atoms with Gasteiger partial charge in [0.2, 0.25) is 0 Å². The average Bonchev–Trinajstić information content (AvgIpc) is 2.93. The highest BCUT2D eigenvalue weighted by Gasteiger charge is 2.37. The molecule has 1 heterocycles. The number of piperidine rings is 1. The van der Waals surface area contributed by atoms with Crippen molar-refractivity contribution in [1.29, 1.82) is 0 Å². The van der Waals surface area contributed by atoms with Crippen LogP contribution < -0.4 is 5.32 Å². The van der Waals surface area contributed by atoms with E-state index in [1.165, 1.54) is 77.4 Å². The molecule has 1 saturated heterocycles. The zero-order valence-corrected chi connectivity index (χ0v) is 12.7. The van der Waals surface area contributed by atoms with Crippen LogP contribution in [0, 0.1) is 11.8 Å². The van der Waals surface area contributed by atoms with Crippen molar-refractivity contribution in [3.05, 3.63) is 0 Å². The minimum atomic E-state index is 0.792. The Kier molecular flexibility index (Phi) is 4.81. The van der Waals surface area contributed by atoms with E-state index in [4.69, 9.17) is 0 Å². The third kappa shape index (κ3) is 3.16. The predicted octanol–water partition coefficient (Wildman–Crippen LogP) is 3.42. The lowest BCUT2D eigenvalue weighted by atomic mass is 9.74. The van der Waals surface area contributed by atoms with Crippen LogP contribution in [0.4, 0.5) is 0 Å². The van der Waals surface area contributed by atoms with Gasteiger partial charge in [0.1, 0.15) is 0 Å². The van der Waals surface area contributed by atoms with Crippen molar-refractivity contribution in [2.24, 2.45) is 11.8 Å². The SMILES string of the molecule is CCCNC1CCCC1N1CCC2CCCCC2C1. The Morgan fingerprint density at radius 2 is 1.79 bits per heavy atom. The molecule has 19 heavy (non-hydrogen) atoms. The number of hydrogen-bond acceptors (Lipinski definition) is 2. The molecule has 4 unspecified atom stereocenters. The van der Waals surface area contributed by atoms with Gasteiger partial charge in [-0.25, -0.2) is 0 Å². The van der Waals surface area contributed by atoms with Crippen molar-refractivity contribution in [1.82, 2.24) is 10.2 Å². The predicted molar refractivity (Wildman–Crippen MR) is 81.4 cm³/mol. The van der Waals surface area contributed by atoms with Gasteiger partial charge in [0.15, 0.2) is 0 Å². The van der Waals surface area contributed by atoms with Crippen molar-refractivity contribution in [2.75, 3.05) is 19.6 Å². The number of likely N-dealkylation sites (tertiary alicyclic amines) is 1. The fourth-order valence-corrected chi connectivity index (χ4v) is 4.88. The summed E-state index contributed by atoms with van der Waals surface area (Å²) in [6, 6.07) is 1.65. The van der Waals surface area contributed by atoms with E-state index in [1.54, 1.807) is 0 Å². The topological polar surface area (TPSA) is 15.3 Å². The Hall–Kier alpha value is -0.0800. The molecular weight excluding hydrogens is 232 g/mol. The standard InChI is InChI=1S/C17H32N2/c1-2-11-18-16-8-5-9-17(16)19-12-10-14-6-3-4-7-15(14)13-19/h14-18H,2-13H2,1H3. The summed E-state index contributed by atoms with van der Waals surface area (Å²) in [7, 11) is 0. The van der Waals surface area contributed by atoms with Gasteiger partial charge in [0.05, 0.1) is 0 Å². The second-order valence-corrected chi connectivity index (χ2v) is 7.15. The highest BCUT2D eigenvalue weighted by Crippen LogP contribution is 2.38. The molecule has 2 nitrogen and oxygen atoms in total. The van der Waals surface area contributed by atoms with E-state index in [1.807, 2.05) is 0 Å². The maximum Gasteiger partial charge on any atom is 0.0249 e. The molecule has 4 atom stereocenters. The molecule has 3 rings (SSSR count). The van der Waals surface area contributed by atoms with Crippen molar-refractivity contribution in [3.8, 4) is 0 Å². The molecule has 3 aliphatic rings. The average molecular weight is 264 g/mol. The van der Waals surface area contributed by atoms with E-state index in [0.29, 0.717) is 0 Å². The zero-order valence-electron chi connectivity index (χ0n) is 12.7. The Morgan fingerprint density at radius 1 is 0.947 bits per heavy atom. The fraction of sp³-hybridized carbons (Fsp3) is 1.00. The van der Waals surface area contributed by atoms with E-state index >= 15 is 0 Å². The number of fused-ring (bicyclic) bond motifs is 1. The minimum absolute atomic E-state index is 0.792. The van der Waals surface area contributed by atoms with Gasteiger partial charge in [-0.1, -0.05) is 32.6 Å². The molecule has 2 heteroatoms. The van der Waals surface area contributed by atoms with Crippen LogP contribution in [0.15, 0.2) is 0 Å². The van der Waals surface area contributed by atoms with Crippen LogP contribution in [-0.4, -0.2) is 36.6 Å². The second-order valence-electron chi connectivity index (χ2n) is 7.15. The number of rotatable bonds is 4. The maximum absolute atomic E-state index is 3.81. The van der Waals surface area contributed by atoms with Gasteiger partial charge in [0, 0.05) is 18.6 Å². The van der Waals surface area contributed by atoms with Crippen LogP contribution in [-0.2, 0) is 0 Å². The Bertz CT molecular complexity index is 278. The number of hydrogen-bond donors (Lipinski definition) is 1. The van der Waals surface area contributed by atoms with E-state index < -0.39 is 0 Å². The van der Waals surface area contributed by atoms with E-state index in [2.05, 4.69) is 17.1 Å². The van der Waals surface area contributed by atoms with E-state index in [-0.39, 0.29) is 0 Å². The largest absolute Gasteiger partial charge is 0.312 e. The first-order valence-electron chi connectivity index (χ1n) is 8.86. The van der Waals surface area contributed by atoms with Gasteiger partial charge in [0.25, 0.3) is 0 Å². The molecule has 0 spiro atoms. The normalized spacial score (nSPS) is 40.3. The minimum Gasteiger partial charge on any atom is -0.312 e. The van der Waals surface area contributed by atoms with Gasteiger partial charge in [-0.15, -0.1) is 0 Å². The summed E-state index contributed by atoms with van der Waals surface area (Å²) >= 11 is 0. The maximum atomic E-state index is 3.81. The fourth-order valence-electron chi connectivity index (χ4n) is 4.88. The molecule has 2 aliphatic carbocycles. The van der Waals surface area contributed by atoms with Crippen molar-refractivity contribution in [2.45, 2.75) is 76.8 Å². The lowest BCUT2D eigenvalue weighted by Crippen LogP contribution is -2.52. The number of nitrogens with one attached hydrogen (secondary N) is 1. The molecule has 2 saturated carbocycles. The van der Waals surface area contributed by atoms with Crippen LogP contribution in [0.2, 0.25) is 0 Å². The summed E-state index contributed by atoms with van der Waals surface area (Å²) in [5.41, 5.74) is 0. The summed E-state index contributed by atoms with van der Waals surface area (Å²) in [5, 5.41) is 3.81. The van der Waals surface area contributed by atoms with Crippen LogP contribution in [0.3, 0.4) is 0 Å². The van der Waals surface area contributed by atoms with Crippen LogP contribution in [0.25, 0.3) is 0 Å². The van der Waals surface area contributed by atoms with Gasteiger partial charge in [-0.3, -0.25) is 4.90 Å². The quantitative estimate of drug-likeness (QED) is 0.837. The molecule has 0 aromatic rings. The van der Waals surface area contributed by atoms with Crippen molar-refractivity contribution < 1.29 is 0 Å². The first kappa shape index (κ1) is 13.9. The Morgan fingerprint density at radius 3 is 2.63 bits per heavy atom. The first-order chi connectivity index (χ1) is 9.38. The molecule has 0 bridgehead atoms. The van der Waals surface area contributed by atoms with E-state index in [9.17, 15) is 0 Å². The zero-order chi connectivity index (χ0) is 13.1. The summed E-state index contributed by atoms with van der Waals surface area (Å²) in [6.07, 6.45) is 13.1. The smallest absolute Gasteiger partial charge is 0.0249 e. The molecule has 0 radical (unpaired) electrons.